The highest BCUT2D eigenvalue weighted by Gasteiger charge is 2.18. The van der Waals surface area contributed by atoms with Crippen LogP contribution in [0.3, 0.4) is 0 Å². The van der Waals surface area contributed by atoms with Gasteiger partial charge in [-0.2, -0.15) is 0 Å². The molecule has 8 heavy (non-hydrogen) atoms. The third-order valence-electron chi connectivity index (χ3n) is 0.904. The van der Waals surface area contributed by atoms with Gasteiger partial charge in [-0.15, -0.1) is 0 Å². The maximum atomic E-state index is 8.63. The molecular formula is C5H12O3. The van der Waals surface area contributed by atoms with Crippen LogP contribution in [0.4, 0.5) is 0 Å². The molecule has 0 saturated carbocycles. The zero-order valence-corrected chi connectivity index (χ0v) is 4.96. The van der Waals surface area contributed by atoms with Crippen molar-refractivity contribution in [2.75, 3.05) is 6.61 Å². The topological polar surface area (TPSA) is 60.7 Å². The number of aliphatic hydroxyl groups is 3. The van der Waals surface area contributed by atoms with Gasteiger partial charge in [0.05, 0.1) is 6.61 Å². The molecule has 0 heterocycles. The third-order valence-corrected chi connectivity index (χ3v) is 0.904. The Balaban J connectivity index is 3.37. The van der Waals surface area contributed by atoms with Gasteiger partial charge < -0.3 is 15.3 Å². The Morgan fingerprint density at radius 2 is 1.88 bits per heavy atom. The lowest BCUT2D eigenvalue weighted by Crippen LogP contribution is -2.31. The minimum atomic E-state index is -1.85. The SMILES string of the molecule is CCCC(O)(O)CO. The first-order valence-corrected chi connectivity index (χ1v) is 2.68. The first-order chi connectivity index (χ1) is 3.62. The van der Waals surface area contributed by atoms with Gasteiger partial charge in [0.1, 0.15) is 0 Å². The summed E-state index contributed by atoms with van der Waals surface area (Å²) in [5, 5.41) is 25.5. The molecule has 3 heteroatoms. The Hall–Kier alpha value is -0.120. The highest BCUT2D eigenvalue weighted by molar-refractivity contribution is 4.59. The molecule has 0 aromatic heterocycles. The van der Waals surface area contributed by atoms with E-state index in [2.05, 4.69) is 0 Å². The summed E-state index contributed by atoms with van der Waals surface area (Å²) in [5.41, 5.74) is 0. The van der Waals surface area contributed by atoms with Gasteiger partial charge in [0.15, 0.2) is 5.79 Å². The van der Waals surface area contributed by atoms with Crippen LogP contribution < -0.4 is 0 Å². The van der Waals surface area contributed by atoms with E-state index in [9.17, 15) is 0 Å². The van der Waals surface area contributed by atoms with Crippen LogP contribution in [-0.4, -0.2) is 27.7 Å². The van der Waals surface area contributed by atoms with Gasteiger partial charge in [0.2, 0.25) is 0 Å². The summed E-state index contributed by atoms with van der Waals surface area (Å²) in [6.07, 6.45) is 0.886. The quantitative estimate of drug-likeness (QED) is 0.438. The summed E-state index contributed by atoms with van der Waals surface area (Å²) >= 11 is 0. The summed E-state index contributed by atoms with van der Waals surface area (Å²) in [7, 11) is 0. The van der Waals surface area contributed by atoms with Crippen molar-refractivity contribution in [3.63, 3.8) is 0 Å². The van der Waals surface area contributed by atoms with Crippen molar-refractivity contribution in [1.29, 1.82) is 0 Å². The predicted molar refractivity (Wildman–Crippen MR) is 29.2 cm³/mol. The molecule has 0 amide bonds. The Morgan fingerprint density at radius 3 is 2.00 bits per heavy atom. The molecule has 0 aromatic rings. The number of hydrogen-bond donors (Lipinski definition) is 3. The van der Waals surface area contributed by atoms with E-state index in [4.69, 9.17) is 15.3 Å². The summed E-state index contributed by atoms with van der Waals surface area (Å²) in [5.74, 6) is -1.85. The maximum absolute atomic E-state index is 8.63. The van der Waals surface area contributed by atoms with Crippen molar-refractivity contribution in [3.8, 4) is 0 Å². The summed E-state index contributed by atoms with van der Waals surface area (Å²) in [4.78, 5) is 0. The standard InChI is InChI=1S/C5H12O3/c1-2-3-5(7,8)4-6/h6-8H,2-4H2,1H3. The molecule has 0 aliphatic heterocycles. The van der Waals surface area contributed by atoms with Crippen molar-refractivity contribution in [1.82, 2.24) is 0 Å². The third kappa shape index (κ3) is 2.96. The predicted octanol–water partition coefficient (Wildman–Crippen LogP) is -0.540. The lowest BCUT2D eigenvalue weighted by atomic mass is 10.2. The van der Waals surface area contributed by atoms with Crippen LogP contribution in [0.2, 0.25) is 0 Å². The van der Waals surface area contributed by atoms with E-state index in [-0.39, 0.29) is 6.42 Å². The van der Waals surface area contributed by atoms with Crippen molar-refractivity contribution >= 4 is 0 Å². The molecule has 0 rings (SSSR count). The van der Waals surface area contributed by atoms with E-state index in [1.54, 1.807) is 0 Å². The normalized spacial score (nSPS) is 12.0. The van der Waals surface area contributed by atoms with Crippen molar-refractivity contribution in [2.24, 2.45) is 0 Å². The van der Waals surface area contributed by atoms with E-state index in [0.717, 1.165) is 0 Å². The number of rotatable bonds is 3. The molecule has 0 fully saturated rings. The zero-order chi connectivity index (χ0) is 6.62. The molecule has 0 aromatic carbocycles. The lowest BCUT2D eigenvalue weighted by Gasteiger charge is -2.16. The van der Waals surface area contributed by atoms with Crippen LogP contribution in [-0.2, 0) is 0 Å². The minimum Gasteiger partial charge on any atom is -0.391 e. The molecule has 3 N–H and O–H groups in total. The molecule has 50 valence electrons. The average molecular weight is 120 g/mol. The van der Waals surface area contributed by atoms with Gasteiger partial charge in [0, 0.05) is 6.42 Å². The highest BCUT2D eigenvalue weighted by Crippen LogP contribution is 2.05. The molecule has 0 aliphatic carbocycles. The van der Waals surface area contributed by atoms with Gasteiger partial charge in [-0.05, 0) is 0 Å². The Morgan fingerprint density at radius 1 is 1.38 bits per heavy atom. The minimum absolute atomic E-state index is 0.226. The van der Waals surface area contributed by atoms with Gasteiger partial charge in [-0.1, -0.05) is 13.3 Å². The molecule has 0 bridgehead atoms. The smallest absolute Gasteiger partial charge is 0.186 e. The summed E-state index contributed by atoms with van der Waals surface area (Å²) in [6, 6.07) is 0. The van der Waals surface area contributed by atoms with E-state index in [0.29, 0.717) is 6.42 Å². The van der Waals surface area contributed by atoms with Crippen molar-refractivity contribution in [2.45, 2.75) is 25.6 Å². The first-order valence-electron chi connectivity index (χ1n) is 2.68. The molecule has 0 unspecified atom stereocenters. The van der Waals surface area contributed by atoms with E-state index in [1.165, 1.54) is 0 Å². The van der Waals surface area contributed by atoms with Crippen LogP contribution in [0.15, 0.2) is 0 Å². The molecule has 0 spiro atoms. The average Bonchev–Trinajstić information content (AvgIpc) is 1.67. The van der Waals surface area contributed by atoms with E-state index in [1.807, 2.05) is 6.92 Å². The van der Waals surface area contributed by atoms with Crippen LogP contribution in [0, 0.1) is 0 Å². The molecule has 3 nitrogen and oxygen atoms in total. The van der Waals surface area contributed by atoms with Gasteiger partial charge in [-0.25, -0.2) is 0 Å². The largest absolute Gasteiger partial charge is 0.391 e. The first kappa shape index (κ1) is 7.88. The van der Waals surface area contributed by atoms with Crippen LogP contribution >= 0.6 is 0 Å². The summed E-state index contributed by atoms with van der Waals surface area (Å²) < 4.78 is 0. The van der Waals surface area contributed by atoms with Crippen LogP contribution in [0.5, 0.6) is 0 Å². The Labute approximate surface area is 48.6 Å². The van der Waals surface area contributed by atoms with Crippen molar-refractivity contribution < 1.29 is 15.3 Å². The second-order valence-electron chi connectivity index (χ2n) is 1.89. The Kier molecular flexibility index (Phi) is 2.97. The molecule has 0 aliphatic rings. The molecule has 0 saturated heterocycles. The van der Waals surface area contributed by atoms with Crippen molar-refractivity contribution in [3.05, 3.63) is 0 Å². The van der Waals surface area contributed by atoms with Crippen LogP contribution in [0.25, 0.3) is 0 Å². The molecular weight excluding hydrogens is 108 g/mol. The fraction of sp³-hybridized carbons (Fsp3) is 1.00. The highest BCUT2D eigenvalue weighted by atomic mass is 16.5. The molecule has 0 radical (unpaired) electrons. The molecule has 0 atom stereocenters. The second kappa shape index (κ2) is 3.02. The Bertz CT molecular complexity index is 60.7. The number of hydrogen-bond acceptors (Lipinski definition) is 3. The monoisotopic (exact) mass is 120 g/mol. The summed E-state index contributed by atoms with van der Waals surface area (Å²) in [6.45, 7) is 1.23. The van der Waals surface area contributed by atoms with E-state index >= 15 is 0 Å². The second-order valence-corrected chi connectivity index (χ2v) is 1.89. The number of aliphatic hydroxyl groups excluding tert-OH is 1. The van der Waals surface area contributed by atoms with Gasteiger partial charge in [0.25, 0.3) is 0 Å². The fourth-order valence-electron chi connectivity index (χ4n) is 0.479. The maximum Gasteiger partial charge on any atom is 0.186 e. The van der Waals surface area contributed by atoms with E-state index < -0.39 is 12.4 Å². The fourth-order valence-corrected chi connectivity index (χ4v) is 0.479. The van der Waals surface area contributed by atoms with Gasteiger partial charge >= 0.3 is 0 Å². The van der Waals surface area contributed by atoms with Gasteiger partial charge in [-0.3, -0.25) is 0 Å². The lowest BCUT2D eigenvalue weighted by molar-refractivity contribution is -0.190. The zero-order valence-electron chi connectivity index (χ0n) is 4.96. The van der Waals surface area contributed by atoms with Crippen LogP contribution in [0.1, 0.15) is 19.8 Å².